The van der Waals surface area contributed by atoms with Gasteiger partial charge in [0.05, 0.1) is 53.8 Å². The summed E-state index contributed by atoms with van der Waals surface area (Å²) in [4.78, 5) is 60.5. The molecule has 0 N–H and O–H groups in total. The summed E-state index contributed by atoms with van der Waals surface area (Å²) in [6, 6.07) is 1.40. The number of non-ortho nitro benzene ring substituents is 2. The maximum Gasteiger partial charge on any atom is 0.296 e. The molecular formula is C14H4N8O13. The highest BCUT2D eigenvalue weighted by Crippen LogP contribution is 2.44. The van der Waals surface area contributed by atoms with Gasteiger partial charge in [-0.2, -0.15) is 0 Å². The Morgan fingerprint density at radius 3 is 0.943 bits per heavy atom. The van der Waals surface area contributed by atoms with E-state index in [1.54, 1.807) is 0 Å². The van der Waals surface area contributed by atoms with Crippen LogP contribution in [0.2, 0.25) is 0 Å². The third kappa shape index (κ3) is 4.21. The van der Waals surface area contributed by atoms with Crippen molar-refractivity contribution in [3.8, 4) is 22.9 Å². The molecular weight excluding hydrogens is 488 g/mol. The maximum atomic E-state index is 11.4. The van der Waals surface area contributed by atoms with Crippen LogP contribution in [0.25, 0.3) is 22.9 Å². The van der Waals surface area contributed by atoms with Gasteiger partial charge < -0.3 is 4.42 Å². The molecule has 0 amide bonds. The number of benzene rings is 2. The number of hydrogen-bond donors (Lipinski definition) is 0. The van der Waals surface area contributed by atoms with E-state index in [-0.39, 0.29) is 0 Å². The molecule has 0 saturated heterocycles. The fraction of sp³-hybridized carbons (Fsp3) is 0. The summed E-state index contributed by atoms with van der Waals surface area (Å²) in [6.45, 7) is 0. The highest BCUT2D eigenvalue weighted by atomic mass is 16.6. The van der Waals surface area contributed by atoms with E-state index in [1.807, 2.05) is 0 Å². The molecule has 1 aromatic heterocycles. The molecule has 3 rings (SSSR count). The van der Waals surface area contributed by atoms with Crippen molar-refractivity contribution in [2.75, 3.05) is 0 Å². The van der Waals surface area contributed by atoms with E-state index >= 15 is 0 Å². The van der Waals surface area contributed by atoms with Gasteiger partial charge in [-0.15, -0.1) is 10.2 Å². The van der Waals surface area contributed by atoms with Gasteiger partial charge in [-0.25, -0.2) is 0 Å². The first-order chi connectivity index (χ1) is 16.3. The minimum Gasteiger partial charge on any atom is -0.415 e. The highest BCUT2D eigenvalue weighted by molar-refractivity contribution is 5.83. The Morgan fingerprint density at radius 1 is 0.486 bits per heavy atom. The molecule has 0 aliphatic carbocycles. The summed E-state index contributed by atoms with van der Waals surface area (Å²) < 4.78 is 5.04. The number of nitro benzene ring substituents is 6. The number of aromatic nitrogens is 2. The molecule has 0 atom stereocenters. The number of hydrogen-bond acceptors (Lipinski definition) is 15. The van der Waals surface area contributed by atoms with E-state index in [0.29, 0.717) is 24.3 Å². The second-order valence-electron chi connectivity index (χ2n) is 6.17. The third-order valence-corrected chi connectivity index (χ3v) is 4.22. The van der Waals surface area contributed by atoms with Gasteiger partial charge in [0.25, 0.3) is 45.9 Å². The summed E-state index contributed by atoms with van der Waals surface area (Å²) in [5, 5.41) is 74.4. The molecule has 0 saturated carbocycles. The topological polar surface area (TPSA) is 298 Å². The number of rotatable bonds is 8. The third-order valence-electron chi connectivity index (χ3n) is 4.22. The van der Waals surface area contributed by atoms with E-state index in [9.17, 15) is 60.7 Å². The standard InChI is InChI=1S/C14H4N8O13/c23-17(24)5-1-7(19(27)28)11(8(2-5)20(29)30)13-15-16-14(35-13)12-9(21(31)32)3-6(18(25)26)4-10(12)22(33)34/h1-4H. The minimum absolute atomic E-state index is 0.350. The normalized spacial score (nSPS) is 10.5. The van der Waals surface area contributed by atoms with Gasteiger partial charge in [0, 0.05) is 0 Å². The largest absolute Gasteiger partial charge is 0.415 e. The lowest BCUT2D eigenvalue weighted by Gasteiger charge is -2.02. The summed E-state index contributed by atoms with van der Waals surface area (Å²) in [5.41, 5.74) is -9.04. The molecule has 0 radical (unpaired) electrons. The molecule has 21 heteroatoms. The maximum absolute atomic E-state index is 11.4. The Hall–Kier alpha value is -6.02. The van der Waals surface area contributed by atoms with Gasteiger partial charge >= 0.3 is 0 Å². The zero-order chi connectivity index (χ0) is 26.2. The van der Waals surface area contributed by atoms with Crippen molar-refractivity contribution >= 4 is 34.1 Å². The smallest absolute Gasteiger partial charge is 0.296 e. The van der Waals surface area contributed by atoms with Crippen molar-refractivity contribution in [1.29, 1.82) is 0 Å². The van der Waals surface area contributed by atoms with Gasteiger partial charge in [0.2, 0.25) is 0 Å². The molecule has 0 aliphatic rings. The van der Waals surface area contributed by atoms with E-state index in [0.717, 1.165) is 0 Å². The molecule has 0 aliphatic heterocycles. The summed E-state index contributed by atoms with van der Waals surface area (Å²) >= 11 is 0. The first kappa shape index (κ1) is 23.6. The summed E-state index contributed by atoms with van der Waals surface area (Å²) in [5.74, 6) is -2.09. The molecule has 178 valence electrons. The van der Waals surface area contributed by atoms with E-state index in [2.05, 4.69) is 10.2 Å². The Labute approximate surface area is 187 Å². The Balaban J connectivity index is 2.36. The first-order valence-electron chi connectivity index (χ1n) is 8.40. The van der Waals surface area contributed by atoms with Crippen molar-refractivity contribution in [2.45, 2.75) is 0 Å². The predicted octanol–water partition coefficient (Wildman–Crippen LogP) is 2.85. The van der Waals surface area contributed by atoms with E-state index < -0.39 is 86.6 Å². The van der Waals surface area contributed by atoms with Gasteiger partial charge in [0.15, 0.2) is 11.1 Å². The first-order valence-corrected chi connectivity index (χ1v) is 8.40. The van der Waals surface area contributed by atoms with Crippen molar-refractivity contribution in [1.82, 2.24) is 10.2 Å². The van der Waals surface area contributed by atoms with Crippen molar-refractivity contribution < 1.29 is 34.0 Å². The Morgan fingerprint density at radius 2 is 0.743 bits per heavy atom. The SMILES string of the molecule is O=[N+]([O-])c1cc([N+](=O)[O-])c(-c2nnc(-c3c([N+](=O)[O-])cc([N+](=O)[O-])cc3[N+](=O)[O-])o2)c([N+](=O)[O-])c1. The van der Waals surface area contributed by atoms with Gasteiger partial charge in [-0.3, -0.25) is 60.7 Å². The summed E-state index contributed by atoms with van der Waals surface area (Å²) in [6.07, 6.45) is 0. The highest BCUT2D eigenvalue weighted by Gasteiger charge is 2.38. The van der Waals surface area contributed by atoms with Gasteiger partial charge in [-0.05, 0) is 0 Å². The second-order valence-corrected chi connectivity index (χ2v) is 6.17. The van der Waals surface area contributed by atoms with E-state index in [4.69, 9.17) is 4.42 Å². The van der Waals surface area contributed by atoms with Crippen molar-refractivity contribution in [2.24, 2.45) is 0 Å². The van der Waals surface area contributed by atoms with Crippen LogP contribution in [-0.4, -0.2) is 39.7 Å². The number of nitrogens with zero attached hydrogens (tertiary/aromatic N) is 8. The van der Waals surface area contributed by atoms with Crippen LogP contribution in [0.1, 0.15) is 0 Å². The predicted molar refractivity (Wildman–Crippen MR) is 105 cm³/mol. The second kappa shape index (κ2) is 8.49. The quantitative estimate of drug-likeness (QED) is 0.322. The van der Waals surface area contributed by atoms with Gasteiger partial charge in [-0.1, -0.05) is 0 Å². The molecule has 0 fully saturated rings. The van der Waals surface area contributed by atoms with Gasteiger partial charge in [0.1, 0.15) is 0 Å². The molecule has 3 aromatic rings. The zero-order valence-electron chi connectivity index (χ0n) is 16.2. The molecule has 0 bridgehead atoms. The molecule has 2 aromatic carbocycles. The zero-order valence-corrected chi connectivity index (χ0v) is 16.2. The average molecular weight is 492 g/mol. The van der Waals surface area contributed by atoms with Crippen LogP contribution >= 0.6 is 0 Å². The average Bonchev–Trinajstić information content (AvgIpc) is 3.26. The number of nitro groups is 6. The Kier molecular flexibility index (Phi) is 5.73. The fourth-order valence-electron chi connectivity index (χ4n) is 2.85. The molecule has 21 nitrogen and oxygen atoms in total. The van der Waals surface area contributed by atoms with Crippen LogP contribution in [0.4, 0.5) is 34.1 Å². The molecule has 35 heavy (non-hydrogen) atoms. The van der Waals surface area contributed by atoms with Crippen LogP contribution in [0.15, 0.2) is 28.7 Å². The lowest BCUT2D eigenvalue weighted by molar-refractivity contribution is -0.402. The van der Waals surface area contributed by atoms with Crippen LogP contribution in [0, 0.1) is 60.7 Å². The van der Waals surface area contributed by atoms with Crippen LogP contribution < -0.4 is 0 Å². The lowest BCUT2D eigenvalue weighted by Crippen LogP contribution is -2.01. The molecule has 0 unspecified atom stereocenters. The monoisotopic (exact) mass is 492 g/mol. The van der Waals surface area contributed by atoms with E-state index in [1.165, 1.54) is 0 Å². The Bertz CT molecular complexity index is 1300. The van der Waals surface area contributed by atoms with Crippen LogP contribution in [0.5, 0.6) is 0 Å². The minimum atomic E-state index is -1.24. The van der Waals surface area contributed by atoms with Crippen LogP contribution in [0.3, 0.4) is 0 Å². The van der Waals surface area contributed by atoms with Crippen LogP contribution in [-0.2, 0) is 0 Å². The summed E-state index contributed by atoms with van der Waals surface area (Å²) in [7, 11) is 0. The fourth-order valence-corrected chi connectivity index (χ4v) is 2.85. The van der Waals surface area contributed by atoms with Crippen molar-refractivity contribution in [3.63, 3.8) is 0 Å². The molecule has 0 spiro atoms. The van der Waals surface area contributed by atoms with Crippen molar-refractivity contribution in [3.05, 3.63) is 85.0 Å². The molecule has 1 heterocycles. The lowest BCUT2D eigenvalue weighted by atomic mass is 10.1.